The van der Waals surface area contributed by atoms with Crippen molar-refractivity contribution in [2.24, 2.45) is 17.3 Å². The first kappa shape index (κ1) is 28.0. The van der Waals surface area contributed by atoms with Gasteiger partial charge in [0.25, 0.3) is 0 Å². The molecule has 3 aliphatic rings. The number of nitrogens with one attached hydrogen (secondary N) is 2. The standard InChI is InChI=1S/C28H40BrN3O5/c1-26(2,3)16-27(4,5)31-24(35)22-28-14-18(29)21(37-28)19(20(28)25(36)32(22)12-9-13-33)23(34)30-15-17-10-7-6-8-11-17/h6-8,10-11,18-22,33H,9,12-16H2,1-5H3,(H,30,34)(H,31,35)/t18?,19-,20+,21-,22?,28?/m1/s1. The first-order valence-corrected chi connectivity index (χ1v) is 14.1. The van der Waals surface area contributed by atoms with Crippen molar-refractivity contribution >= 4 is 33.7 Å². The zero-order chi connectivity index (χ0) is 27.2. The molecule has 6 atom stereocenters. The average molecular weight is 579 g/mol. The smallest absolute Gasteiger partial charge is 0.246 e. The van der Waals surface area contributed by atoms with Crippen LogP contribution < -0.4 is 10.6 Å². The highest BCUT2D eigenvalue weighted by atomic mass is 79.9. The Balaban J connectivity index is 1.62. The molecule has 3 heterocycles. The second-order valence-corrected chi connectivity index (χ2v) is 13.8. The zero-order valence-electron chi connectivity index (χ0n) is 22.4. The Morgan fingerprint density at radius 1 is 1.16 bits per heavy atom. The maximum Gasteiger partial charge on any atom is 0.246 e. The summed E-state index contributed by atoms with van der Waals surface area (Å²) >= 11 is 3.70. The molecule has 1 spiro atoms. The maximum atomic E-state index is 13.9. The molecule has 9 heteroatoms. The van der Waals surface area contributed by atoms with Gasteiger partial charge in [0.2, 0.25) is 17.7 Å². The summed E-state index contributed by atoms with van der Waals surface area (Å²) in [5, 5.41) is 15.7. The number of nitrogens with zero attached hydrogens (tertiary/aromatic N) is 1. The summed E-state index contributed by atoms with van der Waals surface area (Å²) in [6, 6.07) is 8.74. The lowest BCUT2D eigenvalue weighted by molar-refractivity contribution is -0.143. The third kappa shape index (κ3) is 5.45. The van der Waals surface area contributed by atoms with E-state index in [9.17, 15) is 19.5 Å². The molecular weight excluding hydrogens is 538 g/mol. The highest BCUT2D eigenvalue weighted by molar-refractivity contribution is 9.09. The number of fused-ring (bicyclic) bond motifs is 1. The predicted molar refractivity (Wildman–Crippen MR) is 144 cm³/mol. The lowest BCUT2D eigenvalue weighted by Crippen LogP contribution is -2.59. The number of hydrogen-bond donors (Lipinski definition) is 3. The Bertz CT molecular complexity index is 1030. The van der Waals surface area contributed by atoms with E-state index in [2.05, 4.69) is 47.3 Å². The van der Waals surface area contributed by atoms with E-state index in [0.29, 0.717) is 19.4 Å². The number of hydrogen-bond acceptors (Lipinski definition) is 5. The van der Waals surface area contributed by atoms with Gasteiger partial charge in [-0.05, 0) is 44.1 Å². The molecule has 0 aliphatic carbocycles. The van der Waals surface area contributed by atoms with E-state index in [1.807, 2.05) is 44.2 Å². The van der Waals surface area contributed by atoms with Gasteiger partial charge in [0, 0.05) is 30.1 Å². The van der Waals surface area contributed by atoms with Gasteiger partial charge < -0.3 is 25.4 Å². The number of ether oxygens (including phenoxy) is 1. The minimum atomic E-state index is -1.10. The van der Waals surface area contributed by atoms with Crippen molar-refractivity contribution in [1.82, 2.24) is 15.5 Å². The number of carbonyl (C=O) groups excluding carboxylic acids is 3. The van der Waals surface area contributed by atoms with Crippen molar-refractivity contribution in [2.75, 3.05) is 13.2 Å². The van der Waals surface area contributed by atoms with Crippen LogP contribution in [0.15, 0.2) is 30.3 Å². The molecule has 8 nitrogen and oxygen atoms in total. The van der Waals surface area contributed by atoms with E-state index in [-0.39, 0.29) is 41.1 Å². The fourth-order valence-electron chi connectivity index (χ4n) is 6.89. The summed E-state index contributed by atoms with van der Waals surface area (Å²) in [6.45, 7) is 10.8. The van der Waals surface area contributed by atoms with Crippen LogP contribution in [0.1, 0.15) is 59.4 Å². The third-order valence-corrected chi connectivity index (χ3v) is 8.49. The molecule has 0 aromatic heterocycles. The molecule has 1 aromatic rings. The van der Waals surface area contributed by atoms with Gasteiger partial charge in [0.15, 0.2) is 0 Å². The van der Waals surface area contributed by atoms with Crippen LogP contribution >= 0.6 is 15.9 Å². The van der Waals surface area contributed by atoms with Crippen LogP contribution in [-0.2, 0) is 25.7 Å². The van der Waals surface area contributed by atoms with Gasteiger partial charge in [0.1, 0.15) is 11.6 Å². The second-order valence-electron chi connectivity index (χ2n) is 12.6. The molecule has 3 amide bonds. The van der Waals surface area contributed by atoms with Crippen LogP contribution in [0.3, 0.4) is 0 Å². The minimum absolute atomic E-state index is 0.00905. The first-order valence-electron chi connectivity index (χ1n) is 13.2. The first-order chi connectivity index (χ1) is 17.3. The highest BCUT2D eigenvalue weighted by Crippen LogP contribution is 2.60. The van der Waals surface area contributed by atoms with Gasteiger partial charge in [-0.3, -0.25) is 14.4 Å². The number of halogens is 1. The lowest BCUT2D eigenvalue weighted by Gasteiger charge is -2.38. The Hall–Kier alpha value is -1.97. The minimum Gasteiger partial charge on any atom is -0.396 e. The number of carbonyl (C=O) groups is 3. The molecule has 3 unspecified atom stereocenters. The predicted octanol–water partition coefficient (Wildman–Crippen LogP) is 2.76. The van der Waals surface area contributed by atoms with Gasteiger partial charge >= 0.3 is 0 Å². The van der Waals surface area contributed by atoms with Gasteiger partial charge in [0.05, 0.1) is 17.9 Å². The van der Waals surface area contributed by atoms with Crippen molar-refractivity contribution < 1.29 is 24.2 Å². The summed E-state index contributed by atoms with van der Waals surface area (Å²) in [5.41, 5.74) is -0.648. The van der Waals surface area contributed by atoms with Crippen LogP contribution in [0, 0.1) is 17.3 Å². The van der Waals surface area contributed by atoms with Crippen LogP contribution in [0.25, 0.3) is 0 Å². The van der Waals surface area contributed by atoms with E-state index < -0.39 is 35.1 Å². The molecule has 204 valence electrons. The second kappa shape index (κ2) is 10.3. The molecule has 3 aliphatic heterocycles. The third-order valence-electron chi connectivity index (χ3n) is 7.64. The van der Waals surface area contributed by atoms with Crippen LogP contribution in [0.4, 0.5) is 0 Å². The molecule has 37 heavy (non-hydrogen) atoms. The normalized spacial score (nSPS) is 30.9. The fraction of sp³-hybridized carbons (Fsp3) is 0.679. The Kier molecular flexibility index (Phi) is 7.81. The Morgan fingerprint density at radius 3 is 2.46 bits per heavy atom. The van der Waals surface area contributed by atoms with E-state index in [0.717, 1.165) is 12.0 Å². The fourth-order valence-corrected chi connectivity index (χ4v) is 7.83. The molecule has 0 saturated carbocycles. The Morgan fingerprint density at radius 2 is 1.84 bits per heavy atom. The molecule has 4 rings (SSSR count). The van der Waals surface area contributed by atoms with Crippen LogP contribution in [0.5, 0.6) is 0 Å². The summed E-state index contributed by atoms with van der Waals surface area (Å²) < 4.78 is 6.52. The maximum absolute atomic E-state index is 13.9. The van der Waals surface area contributed by atoms with Crippen molar-refractivity contribution in [3.05, 3.63) is 35.9 Å². The van der Waals surface area contributed by atoms with Crippen molar-refractivity contribution in [1.29, 1.82) is 0 Å². The van der Waals surface area contributed by atoms with E-state index in [1.165, 1.54) is 0 Å². The summed E-state index contributed by atoms with van der Waals surface area (Å²) in [4.78, 5) is 42.7. The number of alkyl halides is 1. The molecular formula is C28H40BrN3O5. The molecule has 1 aromatic carbocycles. The van der Waals surface area contributed by atoms with Crippen LogP contribution in [0.2, 0.25) is 0 Å². The zero-order valence-corrected chi connectivity index (χ0v) is 24.0. The van der Waals surface area contributed by atoms with Crippen molar-refractivity contribution in [3.8, 4) is 0 Å². The van der Waals surface area contributed by atoms with Crippen molar-refractivity contribution in [2.45, 2.75) is 88.5 Å². The van der Waals surface area contributed by atoms with E-state index in [1.54, 1.807) is 4.90 Å². The lowest BCUT2D eigenvalue weighted by atomic mass is 9.70. The van der Waals surface area contributed by atoms with E-state index in [4.69, 9.17) is 4.74 Å². The van der Waals surface area contributed by atoms with Crippen LogP contribution in [-0.4, -0.2) is 69.0 Å². The summed E-state index contributed by atoms with van der Waals surface area (Å²) in [5.74, 6) is -2.21. The van der Waals surface area contributed by atoms with Gasteiger partial charge in [-0.2, -0.15) is 0 Å². The summed E-state index contributed by atoms with van der Waals surface area (Å²) in [6.07, 6.45) is 1.05. The SMILES string of the molecule is CC(C)(C)CC(C)(C)NC(=O)C1N(CCCO)C(=O)[C@@H]2[C@@H](C(=O)NCc3ccccc3)[C@@H]3OC12CC3Br. The molecule has 0 radical (unpaired) electrons. The van der Waals surface area contributed by atoms with Gasteiger partial charge in [-0.15, -0.1) is 0 Å². The summed E-state index contributed by atoms with van der Waals surface area (Å²) in [7, 11) is 0. The molecule has 2 bridgehead atoms. The number of rotatable bonds is 9. The molecule has 3 saturated heterocycles. The average Bonchev–Trinajstić information content (AvgIpc) is 3.38. The highest BCUT2D eigenvalue weighted by Gasteiger charge is 2.76. The number of amides is 3. The van der Waals surface area contributed by atoms with Gasteiger partial charge in [-0.25, -0.2) is 0 Å². The monoisotopic (exact) mass is 577 g/mol. The molecule has 3 N–H and O–H groups in total. The number of likely N-dealkylation sites (tertiary alicyclic amines) is 1. The Labute approximate surface area is 228 Å². The van der Waals surface area contributed by atoms with Gasteiger partial charge in [-0.1, -0.05) is 67.0 Å². The largest absolute Gasteiger partial charge is 0.396 e. The van der Waals surface area contributed by atoms with E-state index >= 15 is 0 Å². The van der Waals surface area contributed by atoms with Crippen molar-refractivity contribution in [3.63, 3.8) is 0 Å². The topological polar surface area (TPSA) is 108 Å². The number of aliphatic hydroxyl groups is 1. The number of benzene rings is 1. The quantitative estimate of drug-likeness (QED) is 0.391. The number of aliphatic hydroxyl groups excluding tert-OH is 1. The molecule has 3 fully saturated rings.